The number of hydrogen-bond donors (Lipinski definition) is 3. The molecule has 1 saturated heterocycles. The van der Waals surface area contributed by atoms with Crippen LogP contribution in [0.25, 0.3) is 6.08 Å². The van der Waals surface area contributed by atoms with E-state index in [4.69, 9.17) is 5.26 Å². The smallest absolute Gasteiger partial charge is 0.290 e. The lowest BCUT2D eigenvalue weighted by Crippen LogP contribution is -2.38. The molecule has 3 N–H and O–H groups in total. The van der Waals surface area contributed by atoms with Gasteiger partial charge in [-0.1, -0.05) is 12.1 Å². The standard InChI is InChI=1S/C23H24N6O2S/c24-14-16-3-1-15(2-4-16)9-11-25-17-5-7-18(8-6-17)27-22-26-12-10-19(28-22)13-20-21(30)29-23(31)32-20/h1-4,10,12-13,17-18,25H,5-9,11H2,(H,26,27,28)(H,29,30,31). The van der Waals surface area contributed by atoms with E-state index in [1.54, 1.807) is 18.3 Å². The third-order valence-electron chi connectivity index (χ3n) is 5.59. The highest BCUT2D eigenvalue weighted by molar-refractivity contribution is 8.18. The van der Waals surface area contributed by atoms with Gasteiger partial charge in [-0.05, 0) is 80.2 Å². The second kappa shape index (κ2) is 10.4. The molecule has 8 nitrogen and oxygen atoms in total. The molecule has 9 heteroatoms. The van der Waals surface area contributed by atoms with E-state index in [0.717, 1.165) is 50.4 Å². The third kappa shape index (κ3) is 5.93. The Balaban J connectivity index is 1.22. The maximum Gasteiger partial charge on any atom is 0.290 e. The quantitative estimate of drug-likeness (QED) is 0.552. The normalized spacial score (nSPS) is 21.9. The molecule has 0 spiro atoms. The van der Waals surface area contributed by atoms with E-state index in [1.807, 2.05) is 24.3 Å². The summed E-state index contributed by atoms with van der Waals surface area (Å²) in [5.74, 6) is 0.143. The van der Waals surface area contributed by atoms with Gasteiger partial charge in [0.05, 0.1) is 22.2 Å². The molecule has 2 amide bonds. The first-order valence-electron chi connectivity index (χ1n) is 10.7. The number of imide groups is 1. The number of amides is 2. The predicted molar refractivity (Wildman–Crippen MR) is 124 cm³/mol. The predicted octanol–water partition coefficient (Wildman–Crippen LogP) is 3.23. The van der Waals surface area contributed by atoms with E-state index in [-0.39, 0.29) is 5.24 Å². The van der Waals surface area contributed by atoms with Gasteiger partial charge >= 0.3 is 0 Å². The van der Waals surface area contributed by atoms with E-state index >= 15 is 0 Å². The summed E-state index contributed by atoms with van der Waals surface area (Å²) in [7, 11) is 0. The van der Waals surface area contributed by atoms with Gasteiger partial charge in [0.1, 0.15) is 0 Å². The monoisotopic (exact) mass is 448 g/mol. The Morgan fingerprint density at radius 2 is 1.88 bits per heavy atom. The van der Waals surface area contributed by atoms with Crippen LogP contribution in [-0.2, 0) is 11.2 Å². The van der Waals surface area contributed by atoms with Crippen molar-refractivity contribution in [2.75, 3.05) is 11.9 Å². The zero-order valence-electron chi connectivity index (χ0n) is 17.5. The van der Waals surface area contributed by atoms with Gasteiger partial charge in [0.2, 0.25) is 5.95 Å². The largest absolute Gasteiger partial charge is 0.351 e. The van der Waals surface area contributed by atoms with Gasteiger partial charge < -0.3 is 10.6 Å². The van der Waals surface area contributed by atoms with Gasteiger partial charge in [-0.3, -0.25) is 14.9 Å². The summed E-state index contributed by atoms with van der Waals surface area (Å²) in [5, 5.41) is 17.8. The van der Waals surface area contributed by atoms with Gasteiger partial charge in [-0.25, -0.2) is 9.97 Å². The first kappa shape index (κ1) is 22.0. The molecular formula is C23H24N6O2S. The van der Waals surface area contributed by atoms with Gasteiger partial charge in [-0.2, -0.15) is 5.26 Å². The highest BCUT2D eigenvalue weighted by atomic mass is 32.2. The fourth-order valence-corrected chi connectivity index (χ4v) is 4.54. The zero-order valence-corrected chi connectivity index (χ0v) is 18.3. The third-order valence-corrected chi connectivity index (χ3v) is 6.40. The lowest BCUT2D eigenvalue weighted by Gasteiger charge is -2.29. The zero-order chi connectivity index (χ0) is 22.3. The van der Waals surface area contributed by atoms with Crippen molar-refractivity contribution in [1.82, 2.24) is 20.6 Å². The van der Waals surface area contributed by atoms with Crippen molar-refractivity contribution in [1.29, 1.82) is 5.26 Å². The number of thioether (sulfide) groups is 1. The second-order valence-electron chi connectivity index (χ2n) is 7.86. The number of nitrogens with one attached hydrogen (secondary N) is 3. The van der Waals surface area contributed by atoms with Crippen molar-refractivity contribution >= 4 is 34.9 Å². The molecule has 2 heterocycles. The molecule has 2 aliphatic rings. The number of rotatable bonds is 7. The minimum Gasteiger partial charge on any atom is -0.351 e. The minimum absolute atomic E-state index is 0.306. The van der Waals surface area contributed by atoms with Gasteiger partial charge in [0.15, 0.2) is 0 Å². The lowest BCUT2D eigenvalue weighted by atomic mass is 9.91. The van der Waals surface area contributed by atoms with Crippen LogP contribution in [0.4, 0.5) is 10.7 Å². The van der Waals surface area contributed by atoms with Crippen molar-refractivity contribution in [2.24, 2.45) is 0 Å². The van der Waals surface area contributed by atoms with Crippen molar-refractivity contribution in [2.45, 2.75) is 44.2 Å². The maximum atomic E-state index is 11.7. The van der Waals surface area contributed by atoms with Crippen LogP contribution in [0.5, 0.6) is 0 Å². The fourth-order valence-electron chi connectivity index (χ4n) is 3.87. The molecule has 2 fully saturated rings. The van der Waals surface area contributed by atoms with E-state index in [0.29, 0.717) is 34.2 Å². The van der Waals surface area contributed by atoms with Crippen LogP contribution in [0.1, 0.15) is 42.5 Å². The summed E-state index contributed by atoms with van der Waals surface area (Å²) in [5.41, 5.74) is 2.52. The maximum absolute atomic E-state index is 11.7. The summed E-state index contributed by atoms with van der Waals surface area (Å²) < 4.78 is 0. The molecule has 164 valence electrons. The summed E-state index contributed by atoms with van der Waals surface area (Å²) in [6, 6.07) is 12.4. The molecule has 4 rings (SSSR count). The molecule has 1 aliphatic heterocycles. The molecule has 0 atom stereocenters. The molecule has 2 aromatic rings. The number of nitriles is 1. The molecule has 0 bridgehead atoms. The van der Waals surface area contributed by atoms with Crippen molar-refractivity contribution in [3.63, 3.8) is 0 Å². The van der Waals surface area contributed by atoms with Crippen LogP contribution in [0.15, 0.2) is 41.4 Å². The topological polar surface area (TPSA) is 120 Å². The summed E-state index contributed by atoms with van der Waals surface area (Å²) >= 11 is 0.878. The number of nitrogens with zero attached hydrogens (tertiary/aromatic N) is 3. The Bertz CT molecular complexity index is 1050. The molecule has 1 aromatic heterocycles. The average Bonchev–Trinajstić information content (AvgIpc) is 3.12. The Kier molecular flexibility index (Phi) is 7.14. The number of hydrogen-bond acceptors (Lipinski definition) is 8. The van der Waals surface area contributed by atoms with Crippen LogP contribution >= 0.6 is 11.8 Å². The molecule has 1 aromatic carbocycles. The highest BCUT2D eigenvalue weighted by Gasteiger charge is 2.25. The van der Waals surface area contributed by atoms with Crippen molar-refractivity contribution in [3.8, 4) is 6.07 Å². The minimum atomic E-state index is -0.391. The first-order chi connectivity index (χ1) is 15.6. The molecular weight excluding hydrogens is 424 g/mol. The van der Waals surface area contributed by atoms with E-state index in [2.05, 4.69) is 32.0 Å². The number of benzene rings is 1. The molecule has 1 saturated carbocycles. The molecule has 0 radical (unpaired) electrons. The van der Waals surface area contributed by atoms with Crippen molar-refractivity contribution < 1.29 is 9.59 Å². The summed E-state index contributed by atoms with van der Waals surface area (Å²) in [6.45, 7) is 0.919. The van der Waals surface area contributed by atoms with E-state index in [1.165, 1.54) is 5.56 Å². The van der Waals surface area contributed by atoms with Crippen LogP contribution in [0.2, 0.25) is 0 Å². The molecule has 0 unspecified atom stereocenters. The summed E-state index contributed by atoms with van der Waals surface area (Å²) in [6.07, 6.45) is 8.40. The van der Waals surface area contributed by atoms with Crippen molar-refractivity contribution in [3.05, 3.63) is 58.3 Å². The number of carbonyl (C=O) groups excluding carboxylic acids is 2. The van der Waals surface area contributed by atoms with E-state index < -0.39 is 5.91 Å². The summed E-state index contributed by atoms with van der Waals surface area (Å²) in [4.78, 5) is 32.1. The highest BCUT2D eigenvalue weighted by Crippen LogP contribution is 2.25. The number of aromatic nitrogens is 2. The number of anilines is 1. The molecule has 1 aliphatic carbocycles. The average molecular weight is 449 g/mol. The van der Waals surface area contributed by atoms with Gasteiger partial charge in [0.25, 0.3) is 11.1 Å². The van der Waals surface area contributed by atoms with Crippen LogP contribution in [0, 0.1) is 11.3 Å². The fraction of sp³-hybridized carbons (Fsp3) is 0.348. The van der Waals surface area contributed by atoms with Crippen LogP contribution < -0.4 is 16.0 Å². The van der Waals surface area contributed by atoms with Gasteiger partial charge in [0, 0.05) is 18.3 Å². The first-order valence-corrected chi connectivity index (χ1v) is 11.5. The van der Waals surface area contributed by atoms with Crippen LogP contribution in [0.3, 0.4) is 0 Å². The van der Waals surface area contributed by atoms with E-state index in [9.17, 15) is 9.59 Å². The lowest BCUT2D eigenvalue weighted by molar-refractivity contribution is -0.115. The Morgan fingerprint density at radius 3 is 2.56 bits per heavy atom. The Labute approximate surface area is 190 Å². The van der Waals surface area contributed by atoms with Gasteiger partial charge in [-0.15, -0.1) is 0 Å². The Morgan fingerprint density at radius 1 is 1.12 bits per heavy atom. The Hall–Kier alpha value is -3.22. The second-order valence-corrected chi connectivity index (χ2v) is 8.88. The molecule has 32 heavy (non-hydrogen) atoms. The number of carbonyl (C=O) groups is 2. The SMILES string of the molecule is N#Cc1ccc(CCNC2CCC(Nc3nccc(C=C4SC(=O)NC4=O)n3)CC2)cc1. The van der Waals surface area contributed by atoms with Crippen LogP contribution in [-0.4, -0.2) is 39.7 Å².